The molecule has 1 atom stereocenters. The van der Waals surface area contributed by atoms with Crippen molar-refractivity contribution >= 4 is 0 Å². The molecule has 3 N–H and O–H groups in total. The summed E-state index contributed by atoms with van der Waals surface area (Å²) in [6, 6.07) is 9.94. The first-order chi connectivity index (χ1) is 8.95. The molecule has 0 spiro atoms. The third-order valence-electron chi connectivity index (χ3n) is 4.26. The van der Waals surface area contributed by atoms with Gasteiger partial charge in [0.15, 0.2) is 0 Å². The van der Waals surface area contributed by atoms with E-state index in [0.717, 1.165) is 31.6 Å². The minimum atomic E-state index is -0.617. The summed E-state index contributed by atoms with van der Waals surface area (Å²) in [4.78, 5) is 2.46. The van der Waals surface area contributed by atoms with Gasteiger partial charge < -0.3 is 15.7 Å². The number of nitrogens with two attached hydrogens (primary N) is 1. The van der Waals surface area contributed by atoms with Crippen molar-refractivity contribution in [3.63, 3.8) is 0 Å². The van der Waals surface area contributed by atoms with Gasteiger partial charge in [-0.05, 0) is 30.4 Å². The standard InChI is InChI=1S/C16H26N2O/c1-15(2)8-10-18(12-15)11-9-16(17,13-19)14-6-4-3-5-7-14/h3-7,19H,8-13,17H2,1-2H3. The number of aliphatic hydroxyl groups excluding tert-OH is 1. The second-order valence-corrected chi connectivity index (χ2v) is 6.62. The van der Waals surface area contributed by atoms with Crippen LogP contribution in [0.1, 0.15) is 32.3 Å². The minimum Gasteiger partial charge on any atom is -0.394 e. The highest BCUT2D eigenvalue weighted by atomic mass is 16.3. The SMILES string of the molecule is CC1(C)CCN(CCC(N)(CO)c2ccccc2)C1. The smallest absolute Gasteiger partial charge is 0.0656 e. The monoisotopic (exact) mass is 262 g/mol. The van der Waals surface area contributed by atoms with Crippen molar-refractivity contribution in [3.8, 4) is 0 Å². The third-order valence-corrected chi connectivity index (χ3v) is 4.26. The van der Waals surface area contributed by atoms with Crippen LogP contribution in [-0.2, 0) is 5.54 Å². The zero-order valence-corrected chi connectivity index (χ0v) is 12.1. The van der Waals surface area contributed by atoms with E-state index in [1.807, 2.05) is 30.3 Å². The first-order valence-electron chi connectivity index (χ1n) is 7.13. The van der Waals surface area contributed by atoms with Crippen LogP contribution in [0.25, 0.3) is 0 Å². The fourth-order valence-electron chi connectivity index (χ4n) is 2.86. The van der Waals surface area contributed by atoms with Crippen molar-refractivity contribution in [2.24, 2.45) is 11.1 Å². The molecule has 0 saturated carbocycles. The van der Waals surface area contributed by atoms with E-state index >= 15 is 0 Å². The highest BCUT2D eigenvalue weighted by molar-refractivity contribution is 5.24. The van der Waals surface area contributed by atoms with E-state index in [0.29, 0.717) is 5.41 Å². The Hall–Kier alpha value is -0.900. The van der Waals surface area contributed by atoms with Crippen molar-refractivity contribution < 1.29 is 5.11 Å². The second-order valence-electron chi connectivity index (χ2n) is 6.62. The third kappa shape index (κ3) is 3.56. The van der Waals surface area contributed by atoms with Crippen LogP contribution in [0.5, 0.6) is 0 Å². The first kappa shape index (κ1) is 14.5. The molecule has 3 nitrogen and oxygen atoms in total. The molecule has 1 saturated heterocycles. The lowest BCUT2D eigenvalue weighted by Gasteiger charge is -2.30. The van der Waals surface area contributed by atoms with Gasteiger partial charge >= 0.3 is 0 Å². The van der Waals surface area contributed by atoms with Crippen molar-refractivity contribution in [1.82, 2.24) is 4.90 Å². The van der Waals surface area contributed by atoms with Gasteiger partial charge in [0, 0.05) is 13.1 Å². The first-order valence-corrected chi connectivity index (χ1v) is 7.13. The van der Waals surface area contributed by atoms with E-state index in [4.69, 9.17) is 5.73 Å². The molecule has 3 heteroatoms. The summed E-state index contributed by atoms with van der Waals surface area (Å²) < 4.78 is 0. The summed E-state index contributed by atoms with van der Waals surface area (Å²) in [5, 5.41) is 9.67. The Balaban J connectivity index is 1.96. The summed E-state index contributed by atoms with van der Waals surface area (Å²) >= 11 is 0. The van der Waals surface area contributed by atoms with Crippen LogP contribution >= 0.6 is 0 Å². The van der Waals surface area contributed by atoms with E-state index in [1.165, 1.54) is 6.42 Å². The van der Waals surface area contributed by atoms with E-state index in [9.17, 15) is 5.11 Å². The van der Waals surface area contributed by atoms with Crippen LogP contribution < -0.4 is 5.73 Å². The van der Waals surface area contributed by atoms with Crippen LogP contribution in [0.4, 0.5) is 0 Å². The molecular formula is C16H26N2O. The Labute approximate surface area is 116 Å². The Morgan fingerprint density at radius 1 is 1.32 bits per heavy atom. The Kier molecular flexibility index (Phi) is 4.29. The molecule has 1 aromatic carbocycles. The number of rotatable bonds is 5. The van der Waals surface area contributed by atoms with Gasteiger partial charge in [0.05, 0.1) is 12.1 Å². The predicted molar refractivity (Wildman–Crippen MR) is 78.8 cm³/mol. The van der Waals surface area contributed by atoms with E-state index in [2.05, 4.69) is 18.7 Å². The van der Waals surface area contributed by atoms with Crippen molar-refractivity contribution in [1.29, 1.82) is 0 Å². The number of hydrogen-bond donors (Lipinski definition) is 2. The Morgan fingerprint density at radius 2 is 2.00 bits per heavy atom. The lowest BCUT2D eigenvalue weighted by molar-refractivity contribution is 0.167. The molecule has 0 aliphatic carbocycles. The number of aliphatic hydroxyl groups is 1. The molecule has 0 amide bonds. The van der Waals surface area contributed by atoms with Gasteiger partial charge in [-0.15, -0.1) is 0 Å². The summed E-state index contributed by atoms with van der Waals surface area (Å²) in [6.07, 6.45) is 2.04. The van der Waals surface area contributed by atoms with Gasteiger partial charge in [-0.2, -0.15) is 0 Å². The fraction of sp³-hybridized carbons (Fsp3) is 0.625. The van der Waals surface area contributed by atoms with E-state index in [-0.39, 0.29) is 6.61 Å². The van der Waals surface area contributed by atoms with Gasteiger partial charge in [0.1, 0.15) is 0 Å². The zero-order valence-electron chi connectivity index (χ0n) is 12.1. The van der Waals surface area contributed by atoms with Crippen molar-refractivity contribution in [3.05, 3.63) is 35.9 Å². The maximum atomic E-state index is 9.67. The molecule has 1 unspecified atom stereocenters. The van der Waals surface area contributed by atoms with Crippen LogP contribution in [0.2, 0.25) is 0 Å². The van der Waals surface area contributed by atoms with Crippen LogP contribution in [-0.4, -0.2) is 36.2 Å². The average Bonchev–Trinajstić information content (AvgIpc) is 2.77. The molecule has 19 heavy (non-hydrogen) atoms. The topological polar surface area (TPSA) is 49.5 Å². The summed E-state index contributed by atoms with van der Waals surface area (Å²) in [7, 11) is 0. The van der Waals surface area contributed by atoms with Gasteiger partial charge in [-0.3, -0.25) is 0 Å². The fourth-order valence-corrected chi connectivity index (χ4v) is 2.86. The van der Waals surface area contributed by atoms with Crippen molar-refractivity contribution in [2.75, 3.05) is 26.2 Å². The number of likely N-dealkylation sites (tertiary alicyclic amines) is 1. The second kappa shape index (κ2) is 5.61. The lowest BCUT2D eigenvalue weighted by atomic mass is 9.88. The number of hydrogen-bond acceptors (Lipinski definition) is 3. The van der Waals surface area contributed by atoms with E-state index < -0.39 is 5.54 Å². The lowest BCUT2D eigenvalue weighted by Crippen LogP contribution is -2.43. The van der Waals surface area contributed by atoms with Crippen LogP contribution in [0, 0.1) is 5.41 Å². The van der Waals surface area contributed by atoms with E-state index in [1.54, 1.807) is 0 Å². The molecule has 1 heterocycles. The molecule has 1 aliphatic rings. The molecule has 2 rings (SSSR count). The minimum absolute atomic E-state index is 0.00571. The normalized spacial score (nSPS) is 22.3. The molecule has 1 fully saturated rings. The maximum Gasteiger partial charge on any atom is 0.0656 e. The van der Waals surface area contributed by atoms with Crippen molar-refractivity contribution in [2.45, 2.75) is 32.2 Å². The molecule has 0 radical (unpaired) electrons. The van der Waals surface area contributed by atoms with Gasteiger partial charge in [0.2, 0.25) is 0 Å². The molecule has 0 aromatic heterocycles. The highest BCUT2D eigenvalue weighted by Crippen LogP contribution is 2.30. The molecule has 1 aromatic rings. The zero-order chi connectivity index (χ0) is 13.9. The van der Waals surface area contributed by atoms with Gasteiger partial charge in [0.25, 0.3) is 0 Å². The predicted octanol–water partition coefficient (Wildman–Crippen LogP) is 1.95. The van der Waals surface area contributed by atoms with Crippen LogP contribution in [0.15, 0.2) is 30.3 Å². The quantitative estimate of drug-likeness (QED) is 0.853. The van der Waals surface area contributed by atoms with Gasteiger partial charge in [-0.25, -0.2) is 0 Å². The largest absolute Gasteiger partial charge is 0.394 e. The van der Waals surface area contributed by atoms with Crippen LogP contribution in [0.3, 0.4) is 0 Å². The molecule has 0 bridgehead atoms. The van der Waals surface area contributed by atoms with Gasteiger partial charge in [-0.1, -0.05) is 44.2 Å². The summed E-state index contributed by atoms with van der Waals surface area (Å²) in [5.74, 6) is 0. The Morgan fingerprint density at radius 3 is 2.53 bits per heavy atom. The Bertz CT molecular complexity index is 404. The number of nitrogens with zero attached hydrogens (tertiary/aromatic N) is 1. The molecule has 106 valence electrons. The molecular weight excluding hydrogens is 236 g/mol. The number of benzene rings is 1. The highest BCUT2D eigenvalue weighted by Gasteiger charge is 2.32. The molecule has 1 aliphatic heterocycles. The summed E-state index contributed by atoms with van der Waals surface area (Å²) in [5.41, 5.74) is 7.21. The average molecular weight is 262 g/mol. The summed E-state index contributed by atoms with van der Waals surface area (Å²) in [6.45, 7) is 7.84. The maximum absolute atomic E-state index is 9.67.